The standard InChI is InChI=1S/C25H35N5O.HI/c1-26-24(29-21-11-16-30(17-12-21)23-10-3-6-15-27-23)28-19-25(13-4-5-14-25)20-8-7-9-22(18-20)31-2;/h3,6-10,15,18,21H,4-5,11-14,16-17,19H2,1-2H3,(H2,26,28,29);1H. The van der Waals surface area contributed by atoms with Crippen LogP contribution in [0.5, 0.6) is 5.75 Å². The lowest BCUT2D eigenvalue weighted by Gasteiger charge is -2.35. The van der Waals surface area contributed by atoms with Gasteiger partial charge in [-0.1, -0.05) is 31.0 Å². The fraction of sp³-hybridized carbons (Fsp3) is 0.520. The normalized spacial score (nSPS) is 18.7. The number of aromatic nitrogens is 1. The molecule has 0 amide bonds. The van der Waals surface area contributed by atoms with Gasteiger partial charge in [-0.15, -0.1) is 24.0 Å². The summed E-state index contributed by atoms with van der Waals surface area (Å²) in [5.41, 5.74) is 1.52. The molecule has 2 aliphatic rings. The maximum atomic E-state index is 5.48. The third-order valence-corrected chi connectivity index (χ3v) is 6.87. The van der Waals surface area contributed by atoms with E-state index in [1.807, 2.05) is 25.4 Å². The molecule has 2 aromatic rings. The zero-order valence-electron chi connectivity index (χ0n) is 19.2. The minimum atomic E-state index is 0. The lowest BCUT2D eigenvalue weighted by Crippen LogP contribution is -2.51. The third-order valence-electron chi connectivity index (χ3n) is 6.87. The predicted octanol–water partition coefficient (Wildman–Crippen LogP) is 4.35. The third kappa shape index (κ3) is 5.85. The molecule has 0 atom stereocenters. The number of benzene rings is 1. The first kappa shape index (κ1) is 24.6. The van der Waals surface area contributed by atoms with Crippen LogP contribution in [0.25, 0.3) is 0 Å². The zero-order chi connectivity index (χ0) is 21.5. The highest BCUT2D eigenvalue weighted by Gasteiger charge is 2.36. The highest BCUT2D eigenvalue weighted by molar-refractivity contribution is 14.0. The van der Waals surface area contributed by atoms with Crippen molar-refractivity contribution in [3.05, 3.63) is 54.2 Å². The van der Waals surface area contributed by atoms with Crippen molar-refractivity contribution in [2.75, 3.05) is 38.7 Å². The minimum absolute atomic E-state index is 0. The summed E-state index contributed by atoms with van der Waals surface area (Å²) in [5.74, 6) is 2.92. The van der Waals surface area contributed by atoms with Crippen LogP contribution >= 0.6 is 24.0 Å². The minimum Gasteiger partial charge on any atom is -0.497 e. The quantitative estimate of drug-likeness (QED) is 0.319. The van der Waals surface area contributed by atoms with Gasteiger partial charge in [0, 0.05) is 44.3 Å². The lowest BCUT2D eigenvalue weighted by atomic mass is 9.78. The number of anilines is 1. The van der Waals surface area contributed by atoms with E-state index in [0.717, 1.165) is 50.0 Å². The van der Waals surface area contributed by atoms with E-state index in [1.54, 1.807) is 7.11 Å². The van der Waals surface area contributed by atoms with E-state index in [0.29, 0.717) is 6.04 Å². The Kier molecular flexibility index (Phi) is 9.02. The van der Waals surface area contributed by atoms with Gasteiger partial charge in [-0.3, -0.25) is 4.99 Å². The molecular weight excluding hydrogens is 513 g/mol. The van der Waals surface area contributed by atoms with Gasteiger partial charge in [-0.2, -0.15) is 0 Å². The topological polar surface area (TPSA) is 61.8 Å². The van der Waals surface area contributed by atoms with Crippen LogP contribution in [0.15, 0.2) is 53.7 Å². The first-order valence-electron chi connectivity index (χ1n) is 11.5. The SMILES string of the molecule is CN=C(NCC1(c2cccc(OC)c2)CCCC1)NC1CCN(c2ccccn2)CC1.I. The number of hydrogen-bond donors (Lipinski definition) is 2. The molecule has 7 heteroatoms. The lowest BCUT2D eigenvalue weighted by molar-refractivity contribution is 0.402. The molecule has 0 bridgehead atoms. The van der Waals surface area contributed by atoms with Crippen LogP contribution in [0.3, 0.4) is 0 Å². The molecule has 1 aliphatic carbocycles. The number of pyridine rings is 1. The van der Waals surface area contributed by atoms with Crippen LogP contribution < -0.4 is 20.3 Å². The smallest absolute Gasteiger partial charge is 0.191 e. The van der Waals surface area contributed by atoms with Gasteiger partial charge in [0.25, 0.3) is 0 Å². The summed E-state index contributed by atoms with van der Waals surface area (Å²) in [6, 6.07) is 15.1. The van der Waals surface area contributed by atoms with Crippen LogP contribution in [-0.2, 0) is 5.41 Å². The second kappa shape index (κ2) is 11.7. The summed E-state index contributed by atoms with van der Waals surface area (Å²) in [4.78, 5) is 11.4. The largest absolute Gasteiger partial charge is 0.497 e. The first-order valence-corrected chi connectivity index (χ1v) is 11.5. The van der Waals surface area contributed by atoms with E-state index in [-0.39, 0.29) is 29.4 Å². The highest BCUT2D eigenvalue weighted by Crippen LogP contribution is 2.41. The van der Waals surface area contributed by atoms with Crippen LogP contribution in [0.2, 0.25) is 0 Å². The number of rotatable bonds is 6. The Balaban J connectivity index is 0.00000289. The van der Waals surface area contributed by atoms with Crippen molar-refractivity contribution in [3.8, 4) is 5.75 Å². The number of methoxy groups -OCH3 is 1. The maximum absolute atomic E-state index is 5.48. The fourth-order valence-electron chi connectivity index (χ4n) is 5.01. The van der Waals surface area contributed by atoms with E-state index in [9.17, 15) is 0 Å². The number of halogens is 1. The van der Waals surface area contributed by atoms with Crippen LogP contribution in [0.4, 0.5) is 5.82 Å². The van der Waals surface area contributed by atoms with Gasteiger partial charge in [-0.25, -0.2) is 4.98 Å². The van der Waals surface area contributed by atoms with Gasteiger partial charge in [0.2, 0.25) is 0 Å². The van der Waals surface area contributed by atoms with Crippen molar-refractivity contribution in [1.82, 2.24) is 15.6 Å². The Morgan fingerprint density at radius 3 is 2.59 bits per heavy atom. The van der Waals surface area contributed by atoms with Crippen molar-refractivity contribution in [2.45, 2.75) is 50.0 Å². The summed E-state index contributed by atoms with van der Waals surface area (Å²) in [6.45, 7) is 2.92. The van der Waals surface area contributed by atoms with Crippen molar-refractivity contribution in [3.63, 3.8) is 0 Å². The van der Waals surface area contributed by atoms with Crippen molar-refractivity contribution in [1.29, 1.82) is 0 Å². The molecule has 1 aromatic carbocycles. The highest BCUT2D eigenvalue weighted by atomic mass is 127. The van der Waals surface area contributed by atoms with Gasteiger partial charge in [0.05, 0.1) is 7.11 Å². The molecule has 0 unspecified atom stereocenters. The van der Waals surface area contributed by atoms with Crippen LogP contribution in [0, 0.1) is 0 Å². The second-order valence-corrected chi connectivity index (χ2v) is 8.74. The van der Waals surface area contributed by atoms with E-state index in [1.165, 1.54) is 31.2 Å². The molecule has 2 fully saturated rings. The van der Waals surface area contributed by atoms with Gasteiger partial charge in [0.1, 0.15) is 11.6 Å². The number of ether oxygens (including phenoxy) is 1. The average Bonchev–Trinajstić information content (AvgIpc) is 3.33. The molecule has 0 radical (unpaired) electrons. The Hall–Kier alpha value is -2.03. The molecule has 32 heavy (non-hydrogen) atoms. The Morgan fingerprint density at radius 2 is 1.94 bits per heavy atom. The number of hydrogen-bond acceptors (Lipinski definition) is 4. The molecule has 4 rings (SSSR count). The van der Waals surface area contributed by atoms with Crippen LogP contribution in [0.1, 0.15) is 44.1 Å². The molecular formula is C25H36IN5O. The van der Waals surface area contributed by atoms with Crippen molar-refractivity contribution < 1.29 is 4.74 Å². The number of piperidine rings is 1. The first-order chi connectivity index (χ1) is 15.2. The molecule has 2 heterocycles. The zero-order valence-corrected chi connectivity index (χ0v) is 21.5. The molecule has 174 valence electrons. The monoisotopic (exact) mass is 549 g/mol. The van der Waals surface area contributed by atoms with Gasteiger partial charge < -0.3 is 20.3 Å². The van der Waals surface area contributed by atoms with Crippen molar-refractivity contribution >= 4 is 35.8 Å². The molecule has 1 saturated carbocycles. The molecule has 0 spiro atoms. The summed E-state index contributed by atoms with van der Waals surface area (Å²) in [5, 5.41) is 7.31. The molecule has 1 aliphatic heterocycles. The maximum Gasteiger partial charge on any atom is 0.191 e. The van der Waals surface area contributed by atoms with E-state index in [2.05, 4.69) is 55.8 Å². The molecule has 1 saturated heterocycles. The second-order valence-electron chi connectivity index (χ2n) is 8.74. The average molecular weight is 550 g/mol. The number of aliphatic imine (C=N–C) groups is 1. The van der Waals surface area contributed by atoms with Gasteiger partial charge in [0.15, 0.2) is 5.96 Å². The summed E-state index contributed by atoms with van der Waals surface area (Å²) < 4.78 is 5.48. The summed E-state index contributed by atoms with van der Waals surface area (Å²) >= 11 is 0. The Morgan fingerprint density at radius 1 is 1.16 bits per heavy atom. The summed E-state index contributed by atoms with van der Waals surface area (Å²) in [7, 11) is 3.61. The van der Waals surface area contributed by atoms with Gasteiger partial charge in [-0.05, 0) is 55.5 Å². The van der Waals surface area contributed by atoms with Gasteiger partial charge >= 0.3 is 0 Å². The number of nitrogens with one attached hydrogen (secondary N) is 2. The fourth-order valence-corrected chi connectivity index (χ4v) is 5.01. The predicted molar refractivity (Wildman–Crippen MR) is 143 cm³/mol. The number of guanidine groups is 1. The Labute approximate surface area is 209 Å². The molecule has 6 nitrogen and oxygen atoms in total. The van der Waals surface area contributed by atoms with E-state index in [4.69, 9.17) is 4.74 Å². The summed E-state index contributed by atoms with van der Waals surface area (Å²) in [6.07, 6.45) is 8.98. The van der Waals surface area contributed by atoms with E-state index < -0.39 is 0 Å². The van der Waals surface area contributed by atoms with Crippen molar-refractivity contribution in [2.24, 2.45) is 4.99 Å². The number of nitrogens with zero attached hydrogens (tertiary/aromatic N) is 3. The van der Waals surface area contributed by atoms with Crippen LogP contribution in [-0.4, -0.2) is 50.8 Å². The molecule has 2 N–H and O–H groups in total. The van der Waals surface area contributed by atoms with E-state index >= 15 is 0 Å². The molecule has 1 aromatic heterocycles. The Bertz CT molecular complexity index is 862.